The van der Waals surface area contributed by atoms with Gasteiger partial charge in [-0.25, -0.2) is 4.79 Å². The van der Waals surface area contributed by atoms with Gasteiger partial charge in [0.05, 0.1) is 29.6 Å². The highest BCUT2D eigenvalue weighted by atomic mass is 19.4. The predicted molar refractivity (Wildman–Crippen MR) is 108 cm³/mol. The Morgan fingerprint density at radius 3 is 2.26 bits per heavy atom. The van der Waals surface area contributed by atoms with Gasteiger partial charge in [0.1, 0.15) is 6.04 Å². The number of carbonyl (C=O) groups excluding carboxylic acids is 3. The van der Waals surface area contributed by atoms with Gasteiger partial charge in [-0.15, -0.1) is 0 Å². The number of hydrogen-bond acceptors (Lipinski definition) is 4. The average molecular weight is 434 g/mol. The summed E-state index contributed by atoms with van der Waals surface area (Å²) < 4.78 is 43.3. The van der Waals surface area contributed by atoms with Gasteiger partial charge in [-0.3, -0.25) is 14.5 Å². The molecule has 1 aliphatic heterocycles. The van der Waals surface area contributed by atoms with E-state index in [-0.39, 0.29) is 22.7 Å². The van der Waals surface area contributed by atoms with Gasteiger partial charge in [0.25, 0.3) is 5.91 Å². The molecule has 0 aliphatic carbocycles. The van der Waals surface area contributed by atoms with Crippen molar-refractivity contribution in [2.75, 3.05) is 17.3 Å². The van der Waals surface area contributed by atoms with Crippen LogP contribution in [0.25, 0.3) is 0 Å². The zero-order chi connectivity index (χ0) is 22.9. The van der Waals surface area contributed by atoms with Crippen LogP contribution in [0.4, 0.5) is 24.5 Å². The maximum absolute atomic E-state index is 13.3. The third-order valence-corrected chi connectivity index (χ3v) is 4.92. The average Bonchev–Trinajstić information content (AvgIpc) is 2.72. The number of carbonyl (C=O) groups is 3. The number of methoxy groups -OCH3 is 1. The molecule has 1 aliphatic rings. The van der Waals surface area contributed by atoms with Gasteiger partial charge >= 0.3 is 12.1 Å². The van der Waals surface area contributed by atoms with E-state index >= 15 is 0 Å². The Hall–Kier alpha value is -3.36. The van der Waals surface area contributed by atoms with Crippen molar-refractivity contribution in [2.24, 2.45) is 5.92 Å². The number of halogens is 3. The SMILES string of the molecule is COC(=O)c1ccc2c(c1)NC(=O)[C@H](CC(C)C)N2C(=O)c1ccc(C(F)(F)F)cc1. The number of esters is 1. The summed E-state index contributed by atoms with van der Waals surface area (Å²) in [5.74, 6) is -1.60. The van der Waals surface area contributed by atoms with Crippen molar-refractivity contribution in [1.82, 2.24) is 0 Å². The molecular formula is C22H21F3N2O4. The van der Waals surface area contributed by atoms with Gasteiger partial charge in [0.15, 0.2) is 0 Å². The molecule has 9 heteroatoms. The molecule has 2 aromatic carbocycles. The van der Waals surface area contributed by atoms with Crippen LogP contribution in [0.3, 0.4) is 0 Å². The number of nitrogens with zero attached hydrogens (tertiary/aromatic N) is 1. The summed E-state index contributed by atoms with van der Waals surface area (Å²) in [6.07, 6.45) is -4.18. The Bertz CT molecular complexity index is 1020. The highest BCUT2D eigenvalue weighted by Crippen LogP contribution is 2.36. The number of alkyl halides is 3. The molecule has 2 amide bonds. The van der Waals surface area contributed by atoms with Crippen molar-refractivity contribution in [3.63, 3.8) is 0 Å². The van der Waals surface area contributed by atoms with Crippen molar-refractivity contribution < 1.29 is 32.3 Å². The van der Waals surface area contributed by atoms with Crippen LogP contribution in [0.5, 0.6) is 0 Å². The van der Waals surface area contributed by atoms with Gasteiger partial charge in [0.2, 0.25) is 5.91 Å². The van der Waals surface area contributed by atoms with Gasteiger partial charge in [-0.05, 0) is 54.8 Å². The first-order valence-corrected chi connectivity index (χ1v) is 9.57. The lowest BCUT2D eigenvalue weighted by atomic mass is 9.96. The van der Waals surface area contributed by atoms with E-state index in [9.17, 15) is 27.6 Å². The number of benzene rings is 2. The molecule has 1 heterocycles. The molecule has 0 spiro atoms. The largest absolute Gasteiger partial charge is 0.465 e. The second kappa shape index (κ2) is 8.41. The first-order valence-electron chi connectivity index (χ1n) is 9.57. The summed E-state index contributed by atoms with van der Waals surface area (Å²) in [6, 6.07) is 7.35. The van der Waals surface area contributed by atoms with E-state index in [2.05, 4.69) is 10.1 Å². The highest BCUT2D eigenvalue weighted by molar-refractivity contribution is 6.17. The maximum atomic E-state index is 13.3. The molecule has 0 saturated carbocycles. The number of ether oxygens (including phenoxy) is 1. The van der Waals surface area contributed by atoms with Crippen LogP contribution in [-0.2, 0) is 15.7 Å². The Labute approximate surface area is 177 Å². The van der Waals surface area contributed by atoms with Crippen molar-refractivity contribution >= 4 is 29.2 Å². The number of hydrogen-bond donors (Lipinski definition) is 1. The van der Waals surface area contributed by atoms with Crippen LogP contribution in [0.2, 0.25) is 0 Å². The van der Waals surface area contributed by atoms with Crippen molar-refractivity contribution in [2.45, 2.75) is 32.5 Å². The molecular weight excluding hydrogens is 413 g/mol. The summed E-state index contributed by atoms with van der Waals surface area (Å²) in [5, 5.41) is 2.71. The zero-order valence-electron chi connectivity index (χ0n) is 17.1. The second-order valence-electron chi connectivity index (χ2n) is 7.61. The number of fused-ring (bicyclic) bond motifs is 1. The van der Waals surface area contributed by atoms with E-state index in [1.165, 1.54) is 30.2 Å². The monoisotopic (exact) mass is 434 g/mol. The minimum Gasteiger partial charge on any atom is -0.465 e. The minimum atomic E-state index is -4.52. The van der Waals surface area contributed by atoms with E-state index < -0.39 is 35.6 Å². The molecule has 1 N–H and O–H groups in total. The molecule has 0 saturated heterocycles. The first-order chi connectivity index (χ1) is 14.5. The predicted octanol–water partition coefficient (Wildman–Crippen LogP) is 4.51. The summed E-state index contributed by atoms with van der Waals surface area (Å²) in [7, 11) is 1.22. The van der Waals surface area contributed by atoms with E-state index in [0.717, 1.165) is 24.3 Å². The van der Waals surface area contributed by atoms with E-state index in [1.807, 2.05) is 13.8 Å². The molecule has 2 aromatic rings. The molecule has 0 fully saturated rings. The van der Waals surface area contributed by atoms with Gasteiger partial charge in [0, 0.05) is 5.56 Å². The Balaban J connectivity index is 2.06. The van der Waals surface area contributed by atoms with Crippen LogP contribution in [-0.4, -0.2) is 30.9 Å². The zero-order valence-corrected chi connectivity index (χ0v) is 17.1. The normalized spacial score (nSPS) is 16.0. The van der Waals surface area contributed by atoms with Crippen LogP contribution in [0, 0.1) is 5.92 Å². The molecule has 0 aromatic heterocycles. The van der Waals surface area contributed by atoms with Crippen LogP contribution in [0.1, 0.15) is 46.5 Å². The fourth-order valence-electron chi connectivity index (χ4n) is 3.44. The van der Waals surface area contributed by atoms with Crippen LogP contribution >= 0.6 is 0 Å². The van der Waals surface area contributed by atoms with Crippen molar-refractivity contribution in [1.29, 1.82) is 0 Å². The summed E-state index contributed by atoms with van der Waals surface area (Å²) in [5.41, 5.74) is -0.0801. The maximum Gasteiger partial charge on any atom is 0.416 e. The number of amides is 2. The van der Waals surface area contributed by atoms with Gasteiger partial charge < -0.3 is 10.1 Å². The standard InChI is InChI=1S/C22H21F3N2O4/c1-12(2)10-18-19(28)26-16-11-14(21(30)31-3)6-9-17(16)27(18)20(29)13-4-7-15(8-5-13)22(23,24)25/h4-9,11-12,18H,10H2,1-3H3,(H,26,28)/t18-/m0/s1. The summed E-state index contributed by atoms with van der Waals surface area (Å²) >= 11 is 0. The Morgan fingerprint density at radius 2 is 1.71 bits per heavy atom. The first kappa shape index (κ1) is 22.3. The summed E-state index contributed by atoms with van der Waals surface area (Å²) in [4.78, 5) is 39.2. The van der Waals surface area contributed by atoms with Crippen LogP contribution < -0.4 is 10.2 Å². The van der Waals surface area contributed by atoms with Gasteiger partial charge in [-0.2, -0.15) is 13.2 Å². The topological polar surface area (TPSA) is 75.7 Å². The van der Waals surface area contributed by atoms with E-state index in [0.29, 0.717) is 12.1 Å². The molecule has 0 bridgehead atoms. The lowest BCUT2D eigenvalue weighted by Gasteiger charge is -2.37. The van der Waals surface area contributed by atoms with Gasteiger partial charge in [-0.1, -0.05) is 13.8 Å². The number of nitrogens with one attached hydrogen (secondary N) is 1. The molecule has 1 atom stereocenters. The Morgan fingerprint density at radius 1 is 1.10 bits per heavy atom. The fraction of sp³-hybridized carbons (Fsp3) is 0.318. The second-order valence-corrected chi connectivity index (χ2v) is 7.61. The highest BCUT2D eigenvalue weighted by Gasteiger charge is 2.38. The lowest BCUT2D eigenvalue weighted by Crippen LogP contribution is -2.51. The fourth-order valence-corrected chi connectivity index (χ4v) is 3.44. The minimum absolute atomic E-state index is 0.0134. The lowest BCUT2D eigenvalue weighted by molar-refractivity contribution is -0.137. The molecule has 3 rings (SSSR count). The summed E-state index contributed by atoms with van der Waals surface area (Å²) in [6.45, 7) is 3.79. The van der Waals surface area contributed by atoms with Crippen molar-refractivity contribution in [3.05, 3.63) is 59.2 Å². The third kappa shape index (κ3) is 4.55. The molecule has 6 nitrogen and oxygen atoms in total. The number of anilines is 2. The molecule has 31 heavy (non-hydrogen) atoms. The van der Waals surface area contributed by atoms with E-state index in [4.69, 9.17) is 0 Å². The van der Waals surface area contributed by atoms with Crippen LogP contribution in [0.15, 0.2) is 42.5 Å². The molecule has 164 valence electrons. The smallest absolute Gasteiger partial charge is 0.416 e. The van der Waals surface area contributed by atoms with E-state index in [1.54, 1.807) is 0 Å². The Kier molecular flexibility index (Phi) is 6.06. The van der Waals surface area contributed by atoms with Crippen molar-refractivity contribution in [3.8, 4) is 0 Å². The molecule has 0 unspecified atom stereocenters. The molecule has 0 radical (unpaired) electrons. The number of rotatable bonds is 4. The third-order valence-electron chi connectivity index (χ3n) is 4.92. The quantitative estimate of drug-likeness (QED) is 0.719.